The maximum atomic E-state index is 12.4. The number of benzene rings is 6. The van der Waals surface area contributed by atoms with Crippen LogP contribution >= 0.6 is 0 Å². The van der Waals surface area contributed by atoms with E-state index in [1.807, 2.05) is 6.92 Å². The van der Waals surface area contributed by atoms with Gasteiger partial charge in [0.05, 0.1) is 59.1 Å². The van der Waals surface area contributed by atoms with Crippen LogP contribution in [0.4, 0.5) is 45.5 Å². The summed E-state index contributed by atoms with van der Waals surface area (Å²) < 4.78 is 45.3. The molecular weight excluding hydrogens is 817 g/mol. The molecule has 0 unspecified atom stereocenters. The number of hydrogen-bond acceptors (Lipinski definition) is 15. The van der Waals surface area contributed by atoms with E-state index in [1.54, 1.807) is 104 Å². The van der Waals surface area contributed by atoms with Gasteiger partial charge >= 0.3 is 5.97 Å². The van der Waals surface area contributed by atoms with E-state index >= 15 is 0 Å². The highest BCUT2D eigenvalue weighted by atomic mass is 32.2. The summed E-state index contributed by atoms with van der Waals surface area (Å²) in [5.74, 6) is -0.344. The van der Waals surface area contributed by atoms with E-state index in [0.29, 0.717) is 74.5 Å². The summed E-state index contributed by atoms with van der Waals surface area (Å²) in [6.45, 7) is 3.60. The van der Waals surface area contributed by atoms with Crippen molar-refractivity contribution in [1.29, 1.82) is 0 Å². The molecule has 18 heteroatoms. The van der Waals surface area contributed by atoms with Crippen molar-refractivity contribution in [2.75, 3.05) is 7.11 Å². The monoisotopic (exact) mass is 852 g/mol. The van der Waals surface area contributed by atoms with E-state index in [9.17, 15) is 27.7 Å². The molecule has 0 amide bonds. The van der Waals surface area contributed by atoms with Gasteiger partial charge in [0.2, 0.25) is 0 Å². The fourth-order valence-corrected chi connectivity index (χ4v) is 6.32. The Bertz CT molecular complexity index is 2880. The molecule has 0 radical (unpaired) electrons. The van der Waals surface area contributed by atoms with Crippen molar-refractivity contribution in [3.63, 3.8) is 0 Å². The van der Waals surface area contributed by atoms with Crippen LogP contribution in [-0.4, -0.2) is 42.7 Å². The molecule has 0 fully saturated rings. The fourth-order valence-electron chi connectivity index (χ4n) is 5.61. The third kappa shape index (κ3) is 11.4. The number of aryl methyl sites for hydroxylation is 2. The smallest absolute Gasteiger partial charge is 0.335 e. The van der Waals surface area contributed by atoms with Crippen LogP contribution in [0.5, 0.6) is 11.5 Å². The van der Waals surface area contributed by atoms with Crippen LogP contribution in [0, 0.1) is 13.8 Å². The van der Waals surface area contributed by atoms with Gasteiger partial charge in [-0.2, -0.15) is 44.2 Å². The standard InChI is InChI=1S/C44H36N8O9S/c1-27-20-40(32(25-53)22-38(27)49-45-34-13-9-31(10-14-34)44(55)56)51-47-33-11-5-29(6-12-33)4-7-30-8-15-36(23-43(30)62(57,58)59)48-52-41-21-28(2)39(24-42(41)60-3)50-46-35-16-18-37(19-17-35)61-26-54/h4-24,26,53H,25H2,1-3H3,(H,55,56)(H,57,58,59). The Labute approximate surface area is 355 Å². The maximum Gasteiger partial charge on any atom is 0.335 e. The molecule has 0 bridgehead atoms. The number of aromatic carboxylic acids is 1. The Morgan fingerprint density at radius 2 is 1.15 bits per heavy atom. The van der Waals surface area contributed by atoms with Gasteiger partial charge in [-0.1, -0.05) is 30.4 Å². The second-order valence-corrected chi connectivity index (χ2v) is 14.6. The molecular formula is C44H36N8O9S. The first-order valence-corrected chi connectivity index (χ1v) is 19.8. The summed E-state index contributed by atoms with van der Waals surface area (Å²) in [5.41, 5.74) is 6.32. The molecule has 0 saturated carbocycles. The number of rotatable bonds is 16. The van der Waals surface area contributed by atoms with Crippen molar-refractivity contribution < 1.29 is 42.2 Å². The van der Waals surface area contributed by atoms with Crippen LogP contribution < -0.4 is 9.47 Å². The van der Waals surface area contributed by atoms with Crippen LogP contribution in [0.2, 0.25) is 0 Å². The highest BCUT2D eigenvalue weighted by Crippen LogP contribution is 2.37. The summed E-state index contributed by atoms with van der Waals surface area (Å²) in [6.07, 6.45) is 3.20. The fraction of sp³-hybridized carbons (Fsp3) is 0.0909. The molecule has 0 saturated heterocycles. The van der Waals surface area contributed by atoms with Crippen molar-refractivity contribution in [2.45, 2.75) is 25.3 Å². The zero-order chi connectivity index (χ0) is 44.2. The molecule has 6 aromatic carbocycles. The molecule has 6 rings (SSSR count). The first-order chi connectivity index (χ1) is 29.8. The Kier molecular flexibility index (Phi) is 14.0. The number of carbonyl (C=O) groups excluding carboxylic acids is 1. The van der Waals surface area contributed by atoms with Crippen molar-refractivity contribution >= 4 is 80.2 Å². The molecule has 17 nitrogen and oxygen atoms in total. The van der Waals surface area contributed by atoms with Crippen molar-refractivity contribution in [3.8, 4) is 11.5 Å². The minimum Gasteiger partial charge on any atom is -0.494 e. The maximum absolute atomic E-state index is 12.4. The molecule has 312 valence electrons. The highest BCUT2D eigenvalue weighted by molar-refractivity contribution is 7.86. The molecule has 0 aliphatic rings. The van der Waals surface area contributed by atoms with E-state index in [2.05, 4.69) is 40.9 Å². The first kappa shape index (κ1) is 43.6. The Hall–Kier alpha value is -7.93. The third-order valence-corrected chi connectivity index (χ3v) is 9.83. The predicted molar refractivity (Wildman–Crippen MR) is 230 cm³/mol. The lowest BCUT2D eigenvalue weighted by molar-refractivity contribution is -0.120. The lowest BCUT2D eigenvalue weighted by atomic mass is 10.1. The second kappa shape index (κ2) is 19.9. The number of ether oxygens (including phenoxy) is 2. The molecule has 0 aliphatic carbocycles. The molecule has 3 N–H and O–H groups in total. The zero-order valence-corrected chi connectivity index (χ0v) is 34.0. The predicted octanol–water partition coefficient (Wildman–Crippen LogP) is 12.1. The van der Waals surface area contributed by atoms with Gasteiger partial charge in [0, 0.05) is 11.6 Å². The minimum atomic E-state index is -4.67. The number of carbonyl (C=O) groups is 2. The van der Waals surface area contributed by atoms with E-state index in [4.69, 9.17) is 14.6 Å². The van der Waals surface area contributed by atoms with Crippen LogP contribution in [-0.2, 0) is 21.5 Å². The number of hydrogen-bond donors (Lipinski definition) is 3. The Morgan fingerprint density at radius 1 is 0.629 bits per heavy atom. The number of carboxylic acid groups (broad SMARTS) is 1. The lowest BCUT2D eigenvalue weighted by Gasteiger charge is -2.08. The number of azo groups is 4. The number of nitrogens with zero attached hydrogens (tertiary/aromatic N) is 8. The topological polar surface area (TPSA) is 246 Å². The average Bonchev–Trinajstić information content (AvgIpc) is 3.27. The number of carboxylic acids is 1. The second-order valence-electron chi connectivity index (χ2n) is 13.2. The van der Waals surface area contributed by atoms with Gasteiger partial charge in [-0.05, 0) is 127 Å². The summed E-state index contributed by atoms with van der Waals surface area (Å²) in [7, 11) is -3.22. The molecule has 6 aromatic rings. The summed E-state index contributed by atoms with van der Waals surface area (Å²) in [5, 5.41) is 53.1. The van der Waals surface area contributed by atoms with Gasteiger partial charge in [0.25, 0.3) is 16.6 Å². The van der Waals surface area contributed by atoms with Crippen LogP contribution in [0.1, 0.15) is 38.2 Å². The van der Waals surface area contributed by atoms with Gasteiger partial charge in [0.1, 0.15) is 22.1 Å². The summed E-state index contributed by atoms with van der Waals surface area (Å²) >= 11 is 0. The summed E-state index contributed by atoms with van der Waals surface area (Å²) in [4.78, 5) is 21.2. The van der Waals surface area contributed by atoms with E-state index in [-0.39, 0.29) is 28.3 Å². The molecule has 0 spiro atoms. The average molecular weight is 853 g/mol. The SMILES string of the molecule is COc1cc(N=Nc2ccc(OC=O)cc2)c(C)cc1N=Nc1ccc(C=Cc2ccc(N=Nc3cc(C)c(N=Nc4ccc(C(=O)O)cc4)cc3CO)cc2)c(S(=O)(=O)O)c1. The quantitative estimate of drug-likeness (QED) is 0.0362. The molecule has 0 aliphatic heterocycles. The van der Waals surface area contributed by atoms with Gasteiger partial charge < -0.3 is 19.7 Å². The van der Waals surface area contributed by atoms with Gasteiger partial charge in [0.15, 0.2) is 0 Å². The van der Waals surface area contributed by atoms with E-state index in [0.717, 1.165) is 5.56 Å². The lowest BCUT2D eigenvalue weighted by Crippen LogP contribution is -2.00. The number of methoxy groups -OCH3 is 1. The van der Waals surface area contributed by atoms with Crippen molar-refractivity contribution in [1.82, 2.24) is 0 Å². The highest BCUT2D eigenvalue weighted by Gasteiger charge is 2.16. The molecule has 0 aromatic heterocycles. The van der Waals surface area contributed by atoms with Crippen molar-refractivity contribution in [2.24, 2.45) is 40.9 Å². The molecule has 0 heterocycles. The first-order valence-electron chi connectivity index (χ1n) is 18.4. The van der Waals surface area contributed by atoms with Crippen molar-refractivity contribution in [3.05, 3.63) is 149 Å². The largest absolute Gasteiger partial charge is 0.494 e. The van der Waals surface area contributed by atoms with Gasteiger partial charge in [-0.25, -0.2) is 4.79 Å². The third-order valence-electron chi connectivity index (χ3n) is 8.92. The normalized spacial score (nSPS) is 12.0. The van der Waals surface area contributed by atoms with Crippen LogP contribution in [0.25, 0.3) is 12.2 Å². The zero-order valence-electron chi connectivity index (χ0n) is 33.2. The van der Waals surface area contributed by atoms with Gasteiger partial charge in [-0.3, -0.25) is 9.35 Å². The molecule has 62 heavy (non-hydrogen) atoms. The number of aliphatic hydroxyl groups excluding tert-OH is 1. The number of aliphatic hydroxyl groups is 1. The van der Waals surface area contributed by atoms with Gasteiger partial charge in [-0.15, -0.1) is 5.11 Å². The van der Waals surface area contributed by atoms with Crippen LogP contribution in [0.3, 0.4) is 0 Å². The summed E-state index contributed by atoms with van der Waals surface area (Å²) in [6, 6.07) is 30.2. The Balaban J connectivity index is 1.13. The van der Waals surface area contributed by atoms with E-state index < -0.39 is 16.1 Å². The Morgan fingerprint density at radius 3 is 1.71 bits per heavy atom. The molecule has 0 atom stereocenters. The van der Waals surface area contributed by atoms with Crippen LogP contribution in [0.15, 0.2) is 161 Å². The minimum absolute atomic E-state index is 0.134. The van der Waals surface area contributed by atoms with E-state index in [1.165, 1.54) is 37.5 Å².